The average Bonchev–Trinajstić information content (AvgIpc) is 0.734. The molecule has 5 nitrogen and oxygen atoms in total. The molecule has 0 N–H and O–H groups in total. The number of para-hydroxylation sites is 2. The van der Waals surface area contributed by atoms with Gasteiger partial charge in [-0.3, -0.25) is 0 Å². The van der Waals surface area contributed by atoms with Crippen molar-refractivity contribution >= 4 is 56.9 Å². The molecule has 0 atom stereocenters. The predicted molar refractivity (Wildman–Crippen MR) is 505 cm³/mol. The molecule has 2 heterocycles. The molecule has 21 rings (SSSR count). The van der Waals surface area contributed by atoms with Crippen molar-refractivity contribution in [3.8, 4) is 112 Å². The minimum absolute atomic E-state index is 0.318. The first-order valence-electron chi connectivity index (χ1n) is 42.5. The molecule has 2 saturated heterocycles. The number of anilines is 10. The first-order valence-corrected chi connectivity index (χ1v) is 42.5. The summed E-state index contributed by atoms with van der Waals surface area (Å²) in [5, 5.41) is 0. The lowest BCUT2D eigenvalue weighted by Gasteiger charge is -2.57. The van der Waals surface area contributed by atoms with Gasteiger partial charge < -0.3 is 24.3 Å². The first-order chi connectivity index (χ1) is 59.1. The van der Waals surface area contributed by atoms with E-state index in [4.69, 9.17) is 4.74 Å². The zero-order valence-electron chi connectivity index (χ0n) is 68.0. The number of rotatable bonds is 21. The Balaban J connectivity index is 0.851. The lowest BCUT2D eigenvalue weighted by molar-refractivity contribution is 0.0900. The second-order valence-electron chi connectivity index (χ2n) is 33.6. The van der Waals surface area contributed by atoms with E-state index in [-0.39, 0.29) is 5.41 Å². The van der Waals surface area contributed by atoms with Gasteiger partial charge in [0.25, 0.3) is 0 Å². The van der Waals surface area contributed by atoms with Crippen LogP contribution in [0.15, 0.2) is 431 Å². The second kappa shape index (κ2) is 32.7. The van der Waals surface area contributed by atoms with Crippen molar-refractivity contribution < 1.29 is 4.74 Å². The summed E-state index contributed by atoms with van der Waals surface area (Å²) in [4.78, 5) is 10.6. The molecule has 5 heteroatoms. The van der Waals surface area contributed by atoms with E-state index in [1.54, 1.807) is 0 Å². The van der Waals surface area contributed by atoms with Crippen LogP contribution in [0.3, 0.4) is 0 Å². The van der Waals surface area contributed by atoms with Crippen molar-refractivity contribution in [1.82, 2.24) is 0 Å². The highest BCUT2D eigenvalue weighted by Crippen LogP contribution is 2.58. The SMILES string of the molecule is CC(C)(C)c1cc(Oc2cccc(N(c3cc(N(c4ccccc4)c4c(-c5ccccc5)cc(-c5ccccc5)cc4-c4ccccc4)cc(N4C5CC6CC(C5)CC4C6)c3)c3c(-c4ccccc4)cc(-c4ccccc4)cc3-c3ccccc3)c2)cc(N(c2ccccc2)c2c(-c3ccccc3)cc(-c3ccccc3)cc2-c2ccccc2)c1. The molecule has 17 aromatic rings. The van der Waals surface area contributed by atoms with Crippen LogP contribution < -0.4 is 24.3 Å². The summed E-state index contributed by atoms with van der Waals surface area (Å²) in [5.74, 6) is 2.87. The van der Waals surface area contributed by atoms with Crippen molar-refractivity contribution in [1.29, 1.82) is 0 Å². The fraction of sp³-hybridized carbons (Fsp3) is 0.113. The minimum atomic E-state index is -0.318. The van der Waals surface area contributed by atoms with Crippen LogP contribution in [0.1, 0.15) is 58.4 Å². The van der Waals surface area contributed by atoms with Crippen LogP contribution in [-0.2, 0) is 5.41 Å². The molecule has 2 saturated carbocycles. The molecule has 2 aliphatic carbocycles. The van der Waals surface area contributed by atoms with Gasteiger partial charge >= 0.3 is 0 Å². The van der Waals surface area contributed by atoms with E-state index in [9.17, 15) is 0 Å². The van der Waals surface area contributed by atoms with Gasteiger partial charge in [0, 0.05) is 80.3 Å². The van der Waals surface area contributed by atoms with E-state index in [0.717, 1.165) is 169 Å². The van der Waals surface area contributed by atoms with E-state index in [0.29, 0.717) is 23.6 Å². The third-order valence-electron chi connectivity index (χ3n) is 24.8. The molecular weight excluding hydrogens is 1450 g/mol. The fourth-order valence-corrected chi connectivity index (χ4v) is 19.4. The van der Waals surface area contributed by atoms with Gasteiger partial charge in [0.15, 0.2) is 0 Å². The monoisotopic (exact) mass is 1550 g/mol. The quantitative estimate of drug-likeness (QED) is 0.0713. The van der Waals surface area contributed by atoms with Crippen molar-refractivity contribution in [2.45, 2.75) is 70.4 Å². The van der Waals surface area contributed by atoms with Crippen LogP contribution in [0.4, 0.5) is 56.9 Å². The first kappa shape index (κ1) is 74.6. The van der Waals surface area contributed by atoms with Crippen molar-refractivity contribution in [2.24, 2.45) is 11.8 Å². The van der Waals surface area contributed by atoms with Gasteiger partial charge in [-0.2, -0.15) is 0 Å². The maximum absolute atomic E-state index is 7.80. The summed E-state index contributed by atoms with van der Waals surface area (Å²) in [6.45, 7) is 6.93. The summed E-state index contributed by atoms with van der Waals surface area (Å²) in [6.07, 6.45) is 6.11. The van der Waals surface area contributed by atoms with E-state index in [1.807, 2.05) is 0 Å². The van der Waals surface area contributed by atoms with Gasteiger partial charge in [-0.05, 0) is 225 Å². The Kier molecular flexibility index (Phi) is 20.3. The molecule has 0 amide bonds. The van der Waals surface area contributed by atoms with Gasteiger partial charge in [0.05, 0.1) is 34.1 Å². The van der Waals surface area contributed by atoms with Crippen LogP contribution in [0.25, 0.3) is 100 Å². The van der Waals surface area contributed by atoms with E-state index in [2.05, 4.69) is 471 Å². The molecule has 4 fully saturated rings. The van der Waals surface area contributed by atoms with E-state index in [1.165, 1.54) is 37.8 Å². The van der Waals surface area contributed by atoms with Gasteiger partial charge in [-0.25, -0.2) is 0 Å². The van der Waals surface area contributed by atoms with Crippen LogP contribution in [0.2, 0.25) is 0 Å². The van der Waals surface area contributed by atoms with Crippen LogP contribution in [0, 0.1) is 11.8 Å². The number of piperidine rings is 2. The van der Waals surface area contributed by atoms with Gasteiger partial charge in [-0.15, -0.1) is 0 Å². The van der Waals surface area contributed by atoms with E-state index >= 15 is 0 Å². The molecule has 120 heavy (non-hydrogen) atoms. The molecule has 2 aliphatic heterocycles. The molecule has 4 bridgehead atoms. The average molecular weight is 1550 g/mol. The summed E-state index contributed by atoms with van der Waals surface area (Å²) in [6, 6.07) is 160. The van der Waals surface area contributed by atoms with Gasteiger partial charge in [0.2, 0.25) is 0 Å². The highest BCUT2D eigenvalue weighted by atomic mass is 16.5. The Morgan fingerprint density at radius 1 is 0.225 bits per heavy atom. The maximum Gasteiger partial charge on any atom is 0.129 e. The second-order valence-corrected chi connectivity index (χ2v) is 33.6. The third-order valence-corrected chi connectivity index (χ3v) is 24.8. The summed E-state index contributed by atoms with van der Waals surface area (Å²) < 4.78 is 7.80. The molecule has 0 aromatic heterocycles. The Morgan fingerprint density at radius 3 is 0.800 bits per heavy atom. The van der Waals surface area contributed by atoms with Crippen molar-refractivity contribution in [2.75, 3.05) is 19.6 Å². The molecule has 4 aliphatic rings. The largest absolute Gasteiger partial charge is 0.457 e. The summed E-state index contributed by atoms with van der Waals surface area (Å²) in [7, 11) is 0. The van der Waals surface area contributed by atoms with Gasteiger partial charge in [-0.1, -0.05) is 336 Å². The van der Waals surface area contributed by atoms with Crippen molar-refractivity contribution in [3.63, 3.8) is 0 Å². The topological polar surface area (TPSA) is 22.2 Å². The van der Waals surface area contributed by atoms with Gasteiger partial charge in [0.1, 0.15) is 11.5 Å². The predicted octanol–water partition coefficient (Wildman–Crippen LogP) is 32.0. The Morgan fingerprint density at radius 2 is 0.492 bits per heavy atom. The lowest BCUT2D eigenvalue weighted by Crippen LogP contribution is -2.58. The van der Waals surface area contributed by atoms with Crippen molar-refractivity contribution in [3.05, 3.63) is 436 Å². The number of ether oxygens (including phenoxy) is 1. The number of benzene rings is 17. The van der Waals surface area contributed by atoms with Crippen LogP contribution in [-0.4, -0.2) is 12.1 Å². The molecule has 17 aromatic carbocycles. The molecule has 0 spiro atoms. The number of hydrogen-bond donors (Lipinski definition) is 0. The summed E-state index contributed by atoms with van der Waals surface area (Å²) >= 11 is 0. The zero-order chi connectivity index (χ0) is 80.5. The Hall–Kier alpha value is -14.3. The highest BCUT2D eigenvalue weighted by molar-refractivity contribution is 6.05. The normalized spacial score (nSPS) is 15.3. The Bertz CT molecular complexity index is 6240. The smallest absolute Gasteiger partial charge is 0.129 e. The summed E-state index contributed by atoms with van der Waals surface area (Å²) in [5.41, 5.74) is 31.4. The Labute approximate surface area is 706 Å². The van der Waals surface area contributed by atoms with Crippen LogP contribution >= 0.6 is 0 Å². The lowest BCUT2D eigenvalue weighted by atomic mass is 9.63. The van der Waals surface area contributed by atoms with Crippen LogP contribution in [0.5, 0.6) is 11.5 Å². The zero-order valence-corrected chi connectivity index (χ0v) is 68.0. The highest BCUT2D eigenvalue weighted by Gasteiger charge is 2.47. The minimum Gasteiger partial charge on any atom is -0.457 e. The number of nitrogens with zero attached hydrogens (tertiary/aromatic N) is 4. The molecule has 0 radical (unpaired) electrons. The van der Waals surface area contributed by atoms with E-state index < -0.39 is 0 Å². The number of hydrogen-bond acceptors (Lipinski definition) is 5. The standard InChI is InChI=1S/C115H94N4O/c1-115(2,3)94-73-100(117(95-56-33-13-34-57-95)112-106(85-44-21-7-22-45-85)67-91(82-38-15-4-16-39-82)68-107(112)86-46-23-8-24-47-86)79-105(74-94)120-104-61-37-60-97(78-104)119(114-110(89-52-29-11-30-53-89)71-93(84-42-19-6-20-43-84)72-111(114)90-54-31-12-32-55-90)103-76-101(116-98-63-80-62-81(65-98)66-99(116)64-80)75-102(77-103)118(96-58-35-14-36-59-96)113-108(87-48-25-9-26-49-87)69-92(83-40-17-5-18-41-83)70-109(113)88-50-27-10-28-51-88/h4-61,67-81,98-99H,62-66H2,1-3H3. The molecule has 0 unspecified atom stereocenters. The third kappa shape index (κ3) is 15.0. The molecule has 580 valence electrons. The fourth-order valence-electron chi connectivity index (χ4n) is 19.4. The molecular formula is C115H94N4O. The maximum atomic E-state index is 7.80.